The second-order valence-electron chi connectivity index (χ2n) is 4.31. The molecule has 0 fully saturated rings. The fourth-order valence-corrected chi connectivity index (χ4v) is 5.44. The fourth-order valence-electron chi connectivity index (χ4n) is 1.96. The molecule has 112 valence electrons. The van der Waals surface area contributed by atoms with Crippen molar-refractivity contribution in [1.82, 2.24) is 0 Å². The molecule has 0 saturated carbocycles. The van der Waals surface area contributed by atoms with E-state index < -0.39 is 5.83 Å². The monoisotopic (exact) mass is 524 g/mol. The van der Waals surface area contributed by atoms with Crippen LogP contribution in [0.3, 0.4) is 0 Å². The van der Waals surface area contributed by atoms with Crippen LogP contribution in [0.4, 0.5) is 4.39 Å². The van der Waals surface area contributed by atoms with Gasteiger partial charge in [0.25, 0.3) is 0 Å². The van der Waals surface area contributed by atoms with Crippen LogP contribution in [0.2, 0.25) is 0 Å². The summed E-state index contributed by atoms with van der Waals surface area (Å²) < 4.78 is 19.1. The van der Waals surface area contributed by atoms with Crippen LogP contribution in [0, 0.1) is 8.29 Å². The zero-order valence-corrected chi connectivity index (χ0v) is 17.0. The van der Waals surface area contributed by atoms with Crippen LogP contribution in [-0.4, -0.2) is 11.4 Å². The number of nitrogens with zero attached hydrogens (tertiary/aromatic N) is 1. The van der Waals surface area contributed by atoms with E-state index in [2.05, 4.69) is 67.9 Å². The normalized spacial score (nSPS) is 17.4. The number of allylic oxidation sites excluding steroid dienone is 4. The first-order valence-corrected chi connectivity index (χ1v) is 9.86. The van der Waals surface area contributed by atoms with Crippen LogP contribution < -0.4 is 0 Å². The van der Waals surface area contributed by atoms with E-state index in [0.29, 0.717) is 5.57 Å². The van der Waals surface area contributed by atoms with Crippen molar-refractivity contribution < 1.29 is 4.39 Å². The zero-order chi connectivity index (χ0) is 15.9. The van der Waals surface area contributed by atoms with Gasteiger partial charge in [0.15, 0.2) is 0 Å². The van der Waals surface area contributed by atoms with E-state index in [-0.39, 0.29) is 15.9 Å². The summed E-state index contributed by atoms with van der Waals surface area (Å²) in [7, 11) is 0. The molecule has 0 spiro atoms. The predicted molar refractivity (Wildman–Crippen MR) is 110 cm³/mol. The molecule has 0 radical (unpaired) electrons. The summed E-state index contributed by atoms with van der Waals surface area (Å²) in [6.45, 7) is 0. The summed E-state index contributed by atoms with van der Waals surface area (Å²) in [6, 6.07) is 8.04. The standard InChI is InChI=1S/C14H7BrFIN2S3/c15-12-7(16)5-6(13(18)14(12)19-20)8-1-2-9(21-8)10-3-4-11(17)22-10/h1-5,18,20H/b18-13?,19-14-. The molecular formula is C14H7BrFIN2S3. The number of thiol groups is 1. The van der Waals surface area contributed by atoms with Gasteiger partial charge in [0.1, 0.15) is 11.5 Å². The van der Waals surface area contributed by atoms with Gasteiger partial charge in [0.2, 0.25) is 0 Å². The van der Waals surface area contributed by atoms with Gasteiger partial charge in [-0.2, -0.15) is 0 Å². The smallest absolute Gasteiger partial charge is 0.140 e. The van der Waals surface area contributed by atoms with Crippen molar-refractivity contribution in [3.05, 3.63) is 48.4 Å². The van der Waals surface area contributed by atoms with E-state index >= 15 is 0 Å². The molecular weight excluding hydrogens is 518 g/mol. The molecule has 0 amide bonds. The zero-order valence-electron chi connectivity index (χ0n) is 10.7. The molecule has 3 rings (SSSR count). The minimum atomic E-state index is -0.445. The molecule has 1 aliphatic rings. The highest BCUT2D eigenvalue weighted by Gasteiger charge is 2.25. The van der Waals surface area contributed by atoms with Gasteiger partial charge in [-0.1, -0.05) is 0 Å². The van der Waals surface area contributed by atoms with Gasteiger partial charge in [0, 0.05) is 20.2 Å². The Morgan fingerprint density at radius 1 is 1.14 bits per heavy atom. The van der Waals surface area contributed by atoms with E-state index in [0.717, 1.165) is 9.75 Å². The topological polar surface area (TPSA) is 36.2 Å². The first-order valence-electron chi connectivity index (χ1n) is 5.96. The predicted octanol–water partition coefficient (Wildman–Crippen LogP) is 6.36. The van der Waals surface area contributed by atoms with E-state index in [9.17, 15) is 4.39 Å². The number of hydrogen-bond donors (Lipinski definition) is 2. The van der Waals surface area contributed by atoms with Crippen LogP contribution in [0.1, 0.15) is 4.88 Å². The van der Waals surface area contributed by atoms with Crippen molar-refractivity contribution >= 4 is 91.0 Å². The summed E-state index contributed by atoms with van der Waals surface area (Å²) in [5.74, 6) is -0.445. The maximum Gasteiger partial charge on any atom is 0.140 e. The Morgan fingerprint density at radius 3 is 2.41 bits per heavy atom. The van der Waals surface area contributed by atoms with Crippen molar-refractivity contribution in [2.75, 3.05) is 0 Å². The Balaban J connectivity index is 2.03. The molecule has 2 aromatic heterocycles. The average Bonchev–Trinajstić information content (AvgIpc) is 3.12. The SMILES string of the molecule is N=C1C(c2ccc(-c3ccc(I)s3)s2)=CC(F)=C(Br)/C1=N/S. The van der Waals surface area contributed by atoms with Gasteiger partial charge in [-0.05, 0) is 81.7 Å². The van der Waals surface area contributed by atoms with E-state index in [1.165, 1.54) is 25.2 Å². The molecule has 1 N–H and O–H groups in total. The van der Waals surface area contributed by atoms with E-state index in [4.69, 9.17) is 5.41 Å². The van der Waals surface area contributed by atoms with Gasteiger partial charge in [-0.3, -0.25) is 5.41 Å². The Bertz CT molecular complexity index is 863. The molecule has 0 bridgehead atoms. The molecule has 8 heteroatoms. The number of nitrogens with one attached hydrogen (secondary N) is 1. The highest BCUT2D eigenvalue weighted by atomic mass is 127. The largest absolute Gasteiger partial charge is 0.298 e. The number of halogens is 3. The molecule has 0 atom stereocenters. The first kappa shape index (κ1) is 16.6. The van der Waals surface area contributed by atoms with Gasteiger partial charge < -0.3 is 0 Å². The van der Waals surface area contributed by atoms with E-state index in [1.54, 1.807) is 11.3 Å². The van der Waals surface area contributed by atoms with Crippen molar-refractivity contribution in [2.45, 2.75) is 0 Å². The molecule has 0 aliphatic heterocycles. The highest BCUT2D eigenvalue weighted by Crippen LogP contribution is 2.39. The van der Waals surface area contributed by atoms with Crippen molar-refractivity contribution in [2.24, 2.45) is 4.40 Å². The molecule has 22 heavy (non-hydrogen) atoms. The molecule has 2 heterocycles. The van der Waals surface area contributed by atoms with Gasteiger partial charge in [-0.25, -0.2) is 8.79 Å². The van der Waals surface area contributed by atoms with E-state index in [1.807, 2.05) is 12.1 Å². The van der Waals surface area contributed by atoms with Gasteiger partial charge >= 0.3 is 0 Å². The minimum Gasteiger partial charge on any atom is -0.298 e. The Kier molecular flexibility index (Phi) is 5.03. The molecule has 0 saturated heterocycles. The van der Waals surface area contributed by atoms with Gasteiger partial charge in [-0.15, -0.1) is 22.7 Å². The van der Waals surface area contributed by atoms with Crippen LogP contribution in [-0.2, 0) is 0 Å². The van der Waals surface area contributed by atoms with Crippen LogP contribution in [0.5, 0.6) is 0 Å². The summed E-state index contributed by atoms with van der Waals surface area (Å²) in [5, 5.41) is 8.21. The first-order chi connectivity index (χ1) is 10.5. The molecule has 0 unspecified atom stereocenters. The third-order valence-electron chi connectivity index (χ3n) is 2.98. The lowest BCUT2D eigenvalue weighted by Crippen LogP contribution is -2.18. The molecule has 2 aromatic rings. The van der Waals surface area contributed by atoms with Crippen molar-refractivity contribution in [3.8, 4) is 9.75 Å². The summed E-state index contributed by atoms with van der Waals surface area (Å²) >= 11 is 12.5. The second kappa shape index (κ2) is 6.68. The quantitative estimate of drug-likeness (QED) is 0.260. The Hall–Kier alpha value is -0.290. The van der Waals surface area contributed by atoms with Crippen LogP contribution >= 0.6 is 74.0 Å². The van der Waals surface area contributed by atoms with Crippen LogP contribution in [0.25, 0.3) is 15.3 Å². The third kappa shape index (κ3) is 3.03. The van der Waals surface area contributed by atoms with Crippen LogP contribution in [0.15, 0.2) is 45.0 Å². The summed E-state index contributed by atoms with van der Waals surface area (Å²) in [6.07, 6.45) is 1.36. The lowest BCUT2D eigenvalue weighted by atomic mass is 9.99. The van der Waals surface area contributed by atoms with Gasteiger partial charge in [0.05, 0.1) is 13.1 Å². The number of hydrogen-bond acceptors (Lipinski definition) is 5. The maximum atomic E-state index is 14.0. The highest BCUT2D eigenvalue weighted by molar-refractivity contribution is 14.1. The molecule has 1 aliphatic carbocycles. The Labute approximate surface area is 162 Å². The fraction of sp³-hybridized carbons (Fsp3) is 0. The molecule has 0 aromatic carbocycles. The summed E-state index contributed by atoms with van der Waals surface area (Å²) in [5.41, 5.74) is 0.896. The average molecular weight is 525 g/mol. The Morgan fingerprint density at radius 2 is 1.77 bits per heavy atom. The van der Waals surface area contributed by atoms with Crippen molar-refractivity contribution in [3.63, 3.8) is 0 Å². The summed E-state index contributed by atoms with van der Waals surface area (Å²) in [4.78, 5) is 3.12. The second-order valence-corrected chi connectivity index (χ2v) is 9.37. The molecule has 2 nitrogen and oxygen atoms in total. The maximum absolute atomic E-state index is 14.0. The third-order valence-corrected chi connectivity index (χ3v) is 7.14. The number of thiophene rings is 2. The number of rotatable bonds is 2. The lowest BCUT2D eigenvalue weighted by molar-refractivity contribution is 0.667. The lowest BCUT2D eigenvalue weighted by Gasteiger charge is -2.14. The van der Waals surface area contributed by atoms with Crippen molar-refractivity contribution in [1.29, 1.82) is 5.41 Å². The minimum absolute atomic E-state index is 0.164.